The molecule has 0 unspecified atom stereocenters. The molecule has 2 fully saturated rings. The molecule has 2 atom stereocenters. The standard InChI is InChI=1S/C20H17ClF2N2O2.C16H13ClF2N2O.C4H6O2.ClH/c21-14-9-11(3-6-15(14)22)24-20(27)13-4-7-16(23)18-12(13)5-8-17(18)25-19(26)10-1-2-10;17-11-7-8(1-4-12(11)18)21-16(22)10-2-5-13(19)15-9(10)3-6-14(15)20;5-4(6)3-1-2-3;/h3-4,6-7,9-10,17H,1-2,5,8H2,(H,24,27)(H,25,26);1-2,4-5,7,14H,3,6,20H2,(H,21,22);3H,1-2H2,(H,5,6);1H/t17-;14-;;/m00../s1. The quantitative estimate of drug-likeness (QED) is 0.117. The molecule has 0 bridgehead atoms. The van der Waals surface area contributed by atoms with Crippen molar-refractivity contribution in [3.05, 3.63) is 127 Å². The summed E-state index contributed by atoms with van der Waals surface area (Å²) in [5.41, 5.74) is 9.34. The van der Waals surface area contributed by atoms with E-state index in [2.05, 4.69) is 16.0 Å². The predicted molar refractivity (Wildman–Crippen MR) is 206 cm³/mol. The molecule has 16 heteroatoms. The minimum atomic E-state index is -0.630. The maximum absolute atomic E-state index is 14.4. The molecule has 2 saturated carbocycles. The Labute approximate surface area is 335 Å². The van der Waals surface area contributed by atoms with Crippen LogP contribution in [0.15, 0.2) is 60.7 Å². The van der Waals surface area contributed by atoms with Crippen LogP contribution in [0.5, 0.6) is 0 Å². The van der Waals surface area contributed by atoms with Crippen molar-refractivity contribution in [1.82, 2.24) is 5.32 Å². The van der Waals surface area contributed by atoms with Crippen LogP contribution in [0.1, 0.15) is 93.6 Å². The monoisotopic (exact) mass is 834 g/mol. The lowest BCUT2D eigenvalue weighted by Gasteiger charge is -2.16. The maximum atomic E-state index is 14.4. The van der Waals surface area contributed by atoms with Crippen LogP contribution in [0.3, 0.4) is 0 Å². The van der Waals surface area contributed by atoms with Crippen molar-refractivity contribution in [3.8, 4) is 0 Å². The normalized spacial score (nSPS) is 17.4. The van der Waals surface area contributed by atoms with Gasteiger partial charge in [-0.05, 0) is 123 Å². The molecule has 4 aromatic rings. The average Bonchev–Trinajstić information content (AvgIpc) is 4.08. The van der Waals surface area contributed by atoms with Crippen molar-refractivity contribution >= 4 is 70.7 Å². The van der Waals surface area contributed by atoms with Gasteiger partial charge in [-0.25, -0.2) is 17.6 Å². The zero-order valence-corrected chi connectivity index (χ0v) is 31.9. The van der Waals surface area contributed by atoms with E-state index in [1.165, 1.54) is 54.6 Å². The number of nitrogens with two attached hydrogens (primary N) is 1. The number of carbonyl (C=O) groups is 4. The number of hydrogen-bond acceptors (Lipinski definition) is 5. The Kier molecular flexibility index (Phi) is 13.7. The van der Waals surface area contributed by atoms with Crippen molar-refractivity contribution in [3.63, 3.8) is 0 Å². The molecule has 4 aliphatic carbocycles. The van der Waals surface area contributed by atoms with Gasteiger partial charge in [0, 0.05) is 45.6 Å². The smallest absolute Gasteiger partial charge is 0.306 e. The molecular formula is C40H37Cl3F4N4O5. The Hall–Kier alpha value is -4.69. The SMILES string of the molecule is Cl.N[C@H]1CCc2c(C(=O)Nc3ccc(F)c(Cl)c3)ccc(F)c21.O=C(Nc1ccc(F)c(Cl)c1)c1ccc(F)c2c1CC[C@@H]2NC(=O)C1CC1.O=C(O)C1CC1. The Morgan fingerprint density at radius 2 is 1.07 bits per heavy atom. The first-order valence-corrected chi connectivity index (χ1v) is 18.4. The number of fused-ring (bicyclic) bond motifs is 2. The molecular weight excluding hydrogens is 799 g/mol. The second-order valence-corrected chi connectivity index (χ2v) is 14.6. The van der Waals surface area contributed by atoms with Crippen LogP contribution in [0.4, 0.5) is 28.9 Å². The first-order valence-electron chi connectivity index (χ1n) is 17.7. The number of carboxylic acid groups (broad SMARTS) is 1. The fourth-order valence-corrected chi connectivity index (χ4v) is 6.91. The Morgan fingerprint density at radius 1 is 0.625 bits per heavy atom. The Morgan fingerprint density at radius 3 is 1.52 bits per heavy atom. The molecule has 296 valence electrons. The molecule has 0 heterocycles. The second-order valence-electron chi connectivity index (χ2n) is 13.8. The third kappa shape index (κ3) is 9.99. The number of carboxylic acids is 1. The molecule has 0 aromatic heterocycles. The highest BCUT2D eigenvalue weighted by Gasteiger charge is 2.36. The molecule has 6 N–H and O–H groups in total. The lowest BCUT2D eigenvalue weighted by atomic mass is 10.0. The molecule has 0 radical (unpaired) electrons. The van der Waals surface area contributed by atoms with E-state index in [0.29, 0.717) is 70.4 Å². The van der Waals surface area contributed by atoms with Crippen molar-refractivity contribution < 1.29 is 41.8 Å². The molecule has 3 amide bonds. The van der Waals surface area contributed by atoms with Gasteiger partial charge in [-0.1, -0.05) is 23.2 Å². The van der Waals surface area contributed by atoms with E-state index in [1.54, 1.807) is 0 Å². The van der Waals surface area contributed by atoms with Gasteiger partial charge in [0.15, 0.2) is 0 Å². The molecule has 0 saturated heterocycles. The van der Waals surface area contributed by atoms with E-state index in [-0.39, 0.29) is 52.1 Å². The summed E-state index contributed by atoms with van der Waals surface area (Å²) >= 11 is 11.4. The van der Waals surface area contributed by atoms with E-state index in [0.717, 1.165) is 31.7 Å². The van der Waals surface area contributed by atoms with Crippen molar-refractivity contribution in [2.45, 2.75) is 63.5 Å². The molecule has 4 aromatic carbocycles. The van der Waals surface area contributed by atoms with Crippen LogP contribution in [0.25, 0.3) is 0 Å². The van der Waals surface area contributed by atoms with E-state index >= 15 is 0 Å². The van der Waals surface area contributed by atoms with Crippen molar-refractivity contribution in [2.24, 2.45) is 17.6 Å². The third-order valence-corrected chi connectivity index (χ3v) is 10.3. The number of hydrogen-bond donors (Lipinski definition) is 5. The van der Waals surface area contributed by atoms with E-state index < -0.39 is 41.3 Å². The van der Waals surface area contributed by atoms with Gasteiger partial charge in [-0.3, -0.25) is 19.2 Å². The fraction of sp³-hybridized carbons (Fsp3) is 0.300. The van der Waals surface area contributed by atoms with Crippen molar-refractivity contribution in [1.29, 1.82) is 0 Å². The van der Waals surface area contributed by atoms with Crippen LogP contribution >= 0.6 is 35.6 Å². The van der Waals surface area contributed by atoms with Crippen LogP contribution in [0, 0.1) is 35.1 Å². The maximum Gasteiger partial charge on any atom is 0.306 e. The van der Waals surface area contributed by atoms with Gasteiger partial charge in [0.2, 0.25) is 5.91 Å². The highest BCUT2D eigenvalue weighted by molar-refractivity contribution is 6.31. The first-order chi connectivity index (χ1) is 26.2. The summed E-state index contributed by atoms with van der Waals surface area (Å²) in [6.45, 7) is 0. The number of benzene rings is 4. The molecule has 56 heavy (non-hydrogen) atoms. The lowest BCUT2D eigenvalue weighted by Crippen LogP contribution is -2.29. The number of amides is 3. The highest BCUT2D eigenvalue weighted by atomic mass is 35.5. The second kappa shape index (κ2) is 18.1. The number of carbonyl (C=O) groups excluding carboxylic acids is 3. The molecule has 8 rings (SSSR count). The summed E-state index contributed by atoms with van der Waals surface area (Å²) in [6, 6.07) is 12.3. The predicted octanol–water partition coefficient (Wildman–Crippen LogP) is 9.10. The summed E-state index contributed by atoms with van der Waals surface area (Å²) < 4.78 is 54.7. The minimum Gasteiger partial charge on any atom is -0.481 e. The molecule has 9 nitrogen and oxygen atoms in total. The summed E-state index contributed by atoms with van der Waals surface area (Å²) in [4.78, 5) is 46.9. The fourth-order valence-electron chi connectivity index (χ4n) is 6.55. The van der Waals surface area contributed by atoms with Gasteiger partial charge >= 0.3 is 5.97 Å². The number of aliphatic carboxylic acids is 1. The zero-order chi connectivity index (χ0) is 39.6. The van der Waals surface area contributed by atoms with Gasteiger partial charge in [0.25, 0.3) is 11.8 Å². The topological polar surface area (TPSA) is 151 Å². The number of nitrogens with one attached hydrogen (secondary N) is 3. The third-order valence-electron chi connectivity index (χ3n) is 9.75. The van der Waals surface area contributed by atoms with Crippen LogP contribution < -0.4 is 21.7 Å². The van der Waals surface area contributed by atoms with Crippen LogP contribution in [0.2, 0.25) is 10.0 Å². The van der Waals surface area contributed by atoms with Crippen molar-refractivity contribution in [2.75, 3.05) is 10.6 Å². The molecule has 0 aliphatic heterocycles. The minimum absolute atomic E-state index is 0. The number of halogens is 7. The molecule has 0 spiro atoms. The largest absolute Gasteiger partial charge is 0.481 e. The average molecular weight is 836 g/mol. The zero-order valence-electron chi connectivity index (χ0n) is 29.6. The summed E-state index contributed by atoms with van der Waals surface area (Å²) in [5.74, 6) is -3.41. The Balaban J connectivity index is 0.000000186. The first kappa shape index (κ1) is 42.5. The summed E-state index contributed by atoms with van der Waals surface area (Å²) in [7, 11) is 0. The van der Waals surface area contributed by atoms with Gasteiger partial charge in [0.1, 0.15) is 23.3 Å². The van der Waals surface area contributed by atoms with E-state index in [1.807, 2.05) is 0 Å². The van der Waals surface area contributed by atoms with E-state index in [9.17, 15) is 36.7 Å². The van der Waals surface area contributed by atoms with E-state index in [4.69, 9.17) is 34.0 Å². The summed E-state index contributed by atoms with van der Waals surface area (Å²) in [6.07, 6.45) is 5.75. The van der Waals surface area contributed by atoms with Gasteiger partial charge in [-0.2, -0.15) is 0 Å². The highest BCUT2D eigenvalue weighted by Crippen LogP contribution is 2.38. The molecule has 4 aliphatic rings. The van der Waals surface area contributed by atoms with Gasteiger partial charge in [0.05, 0.1) is 22.0 Å². The van der Waals surface area contributed by atoms with Gasteiger partial charge < -0.3 is 26.8 Å². The number of anilines is 2. The lowest BCUT2D eigenvalue weighted by molar-refractivity contribution is -0.138. The number of rotatable bonds is 7. The summed E-state index contributed by atoms with van der Waals surface area (Å²) in [5, 5.41) is 16.1. The van der Waals surface area contributed by atoms with Crippen LogP contribution in [-0.2, 0) is 22.4 Å². The van der Waals surface area contributed by atoms with Crippen LogP contribution in [-0.4, -0.2) is 28.8 Å². The Bertz CT molecular complexity index is 2180. The van der Waals surface area contributed by atoms with Gasteiger partial charge in [-0.15, -0.1) is 12.4 Å².